The van der Waals surface area contributed by atoms with Gasteiger partial charge in [0.25, 0.3) is 0 Å². The summed E-state index contributed by atoms with van der Waals surface area (Å²) in [6.07, 6.45) is 1.72. The fraction of sp³-hybridized carbons (Fsp3) is 0.538. The third kappa shape index (κ3) is 5.25. The van der Waals surface area contributed by atoms with Crippen LogP contribution in [0.1, 0.15) is 25.6 Å². The normalized spacial score (nSPS) is 12.4. The van der Waals surface area contributed by atoms with Crippen molar-refractivity contribution in [2.45, 2.75) is 26.0 Å². The zero-order valence-electron chi connectivity index (χ0n) is 11.1. The molecule has 0 aliphatic carbocycles. The highest BCUT2D eigenvalue weighted by atomic mass is 16.5. The van der Waals surface area contributed by atoms with Crippen LogP contribution in [0.5, 0.6) is 0 Å². The van der Waals surface area contributed by atoms with E-state index in [0.717, 1.165) is 5.69 Å². The topological polar surface area (TPSA) is 60.5 Å². The second-order valence-electron chi connectivity index (χ2n) is 4.19. The van der Waals surface area contributed by atoms with Crippen molar-refractivity contribution in [2.75, 3.05) is 20.3 Å². The summed E-state index contributed by atoms with van der Waals surface area (Å²) in [6.45, 7) is 4.20. The Morgan fingerprint density at radius 2 is 2.22 bits per heavy atom. The Balaban J connectivity index is 2.55. The van der Waals surface area contributed by atoms with Gasteiger partial charge in [-0.2, -0.15) is 0 Å². The number of carbonyl (C=O) groups excluding carboxylic acids is 1. The lowest BCUT2D eigenvalue weighted by atomic mass is 10.2. The molecule has 5 heteroatoms. The largest absolute Gasteiger partial charge is 0.382 e. The Morgan fingerprint density at radius 3 is 2.78 bits per heavy atom. The summed E-state index contributed by atoms with van der Waals surface area (Å²) in [5.74, 6) is -0.170. The molecule has 1 atom stereocenters. The molecular formula is C13H20N2O3. The highest BCUT2D eigenvalue weighted by Crippen LogP contribution is 2.09. The van der Waals surface area contributed by atoms with E-state index in [1.807, 2.05) is 32.0 Å². The number of carbonyl (C=O) groups is 1. The summed E-state index contributed by atoms with van der Waals surface area (Å²) in [5.41, 5.74) is 0.775. The molecule has 0 fully saturated rings. The van der Waals surface area contributed by atoms with Crippen molar-refractivity contribution in [1.29, 1.82) is 0 Å². The standard InChI is InChI=1S/C13H20N2O3/c1-10(2)18-9-13(16)15-12(8-17-3)11-6-4-5-7-14-11/h4-7,10,12H,8-9H2,1-3H3,(H,15,16)/t12-/m1/s1. The van der Waals surface area contributed by atoms with Crippen molar-refractivity contribution in [3.63, 3.8) is 0 Å². The molecule has 1 heterocycles. The van der Waals surface area contributed by atoms with Crippen LogP contribution in [0.3, 0.4) is 0 Å². The van der Waals surface area contributed by atoms with Crippen LogP contribution in [0.2, 0.25) is 0 Å². The number of pyridine rings is 1. The van der Waals surface area contributed by atoms with Gasteiger partial charge in [-0.15, -0.1) is 0 Å². The van der Waals surface area contributed by atoms with Crippen molar-refractivity contribution >= 4 is 5.91 Å². The Hall–Kier alpha value is -1.46. The van der Waals surface area contributed by atoms with Gasteiger partial charge in [0, 0.05) is 13.3 Å². The molecule has 0 saturated carbocycles. The molecule has 5 nitrogen and oxygen atoms in total. The van der Waals surface area contributed by atoms with Crippen molar-refractivity contribution in [1.82, 2.24) is 10.3 Å². The van der Waals surface area contributed by atoms with Crippen molar-refractivity contribution in [3.05, 3.63) is 30.1 Å². The second-order valence-corrected chi connectivity index (χ2v) is 4.19. The fourth-order valence-corrected chi connectivity index (χ4v) is 1.43. The zero-order chi connectivity index (χ0) is 13.4. The predicted molar refractivity (Wildman–Crippen MR) is 68.1 cm³/mol. The Bertz CT molecular complexity index is 355. The molecule has 0 aliphatic heterocycles. The number of hydrogen-bond acceptors (Lipinski definition) is 4. The number of nitrogens with one attached hydrogen (secondary N) is 1. The third-order valence-electron chi connectivity index (χ3n) is 2.26. The van der Waals surface area contributed by atoms with Crippen molar-refractivity contribution in [2.24, 2.45) is 0 Å². The quantitative estimate of drug-likeness (QED) is 0.795. The van der Waals surface area contributed by atoms with Crippen molar-refractivity contribution in [3.8, 4) is 0 Å². The first kappa shape index (κ1) is 14.6. The molecule has 0 aromatic carbocycles. The molecular weight excluding hydrogens is 232 g/mol. The van der Waals surface area contributed by atoms with Gasteiger partial charge in [0.15, 0.2) is 0 Å². The fourth-order valence-electron chi connectivity index (χ4n) is 1.43. The average Bonchev–Trinajstić information content (AvgIpc) is 2.37. The van der Waals surface area contributed by atoms with E-state index in [4.69, 9.17) is 9.47 Å². The van der Waals surface area contributed by atoms with Gasteiger partial charge in [0.1, 0.15) is 6.61 Å². The molecule has 0 bridgehead atoms. The molecule has 1 aromatic heterocycles. The molecule has 100 valence electrons. The summed E-state index contributed by atoms with van der Waals surface area (Å²) in [6, 6.07) is 5.31. The van der Waals surface area contributed by atoms with E-state index in [9.17, 15) is 4.79 Å². The van der Waals surface area contributed by atoms with Crippen molar-refractivity contribution < 1.29 is 14.3 Å². The van der Waals surface area contributed by atoms with Gasteiger partial charge in [0.2, 0.25) is 5.91 Å². The van der Waals surface area contributed by atoms with Gasteiger partial charge in [-0.25, -0.2) is 0 Å². The summed E-state index contributed by atoms with van der Waals surface area (Å²) in [7, 11) is 1.59. The van der Waals surface area contributed by atoms with Crippen LogP contribution < -0.4 is 5.32 Å². The van der Waals surface area contributed by atoms with E-state index in [1.165, 1.54) is 0 Å². The average molecular weight is 252 g/mol. The van der Waals surface area contributed by atoms with E-state index < -0.39 is 0 Å². The monoisotopic (exact) mass is 252 g/mol. The number of amides is 1. The minimum atomic E-state index is -0.250. The number of ether oxygens (including phenoxy) is 2. The maximum Gasteiger partial charge on any atom is 0.246 e. The summed E-state index contributed by atoms with van der Waals surface area (Å²) in [5, 5.41) is 2.84. The molecule has 1 N–H and O–H groups in total. The lowest BCUT2D eigenvalue weighted by molar-refractivity contribution is -0.128. The molecule has 1 rings (SSSR count). The first-order valence-corrected chi connectivity index (χ1v) is 5.94. The number of methoxy groups -OCH3 is 1. The van der Waals surface area contributed by atoms with E-state index in [-0.39, 0.29) is 24.7 Å². The lowest BCUT2D eigenvalue weighted by Crippen LogP contribution is -2.35. The van der Waals surface area contributed by atoms with Gasteiger partial charge in [-0.3, -0.25) is 9.78 Å². The Morgan fingerprint density at radius 1 is 1.44 bits per heavy atom. The van der Waals surface area contributed by atoms with Crippen LogP contribution in [-0.4, -0.2) is 37.3 Å². The zero-order valence-corrected chi connectivity index (χ0v) is 11.1. The maximum absolute atomic E-state index is 11.7. The smallest absolute Gasteiger partial charge is 0.246 e. The number of rotatable bonds is 7. The summed E-state index contributed by atoms with van der Waals surface area (Å²) in [4.78, 5) is 15.9. The minimum absolute atomic E-state index is 0.0338. The predicted octanol–water partition coefficient (Wildman–Crippen LogP) is 1.31. The number of hydrogen-bond donors (Lipinski definition) is 1. The molecule has 18 heavy (non-hydrogen) atoms. The van der Waals surface area contributed by atoms with E-state index in [1.54, 1.807) is 13.3 Å². The summed E-state index contributed by atoms with van der Waals surface area (Å²) >= 11 is 0. The molecule has 0 spiro atoms. The summed E-state index contributed by atoms with van der Waals surface area (Å²) < 4.78 is 10.3. The number of nitrogens with zero attached hydrogens (tertiary/aromatic N) is 1. The molecule has 1 aromatic rings. The number of aromatic nitrogens is 1. The van der Waals surface area contributed by atoms with Gasteiger partial charge < -0.3 is 14.8 Å². The van der Waals surface area contributed by atoms with Gasteiger partial charge >= 0.3 is 0 Å². The molecule has 0 aliphatic rings. The van der Waals surface area contributed by atoms with Crippen LogP contribution in [0.25, 0.3) is 0 Å². The third-order valence-corrected chi connectivity index (χ3v) is 2.26. The maximum atomic E-state index is 11.7. The van der Waals surface area contributed by atoms with Crippen LogP contribution in [0.15, 0.2) is 24.4 Å². The van der Waals surface area contributed by atoms with Crippen LogP contribution in [0.4, 0.5) is 0 Å². The molecule has 1 amide bonds. The highest BCUT2D eigenvalue weighted by Gasteiger charge is 2.15. The van der Waals surface area contributed by atoms with Gasteiger partial charge in [0.05, 0.1) is 24.4 Å². The van der Waals surface area contributed by atoms with Crippen LogP contribution in [0, 0.1) is 0 Å². The first-order valence-electron chi connectivity index (χ1n) is 5.94. The second kappa shape index (κ2) is 7.79. The lowest BCUT2D eigenvalue weighted by Gasteiger charge is -2.17. The Kier molecular flexibility index (Phi) is 6.32. The van der Waals surface area contributed by atoms with E-state index in [2.05, 4.69) is 10.3 Å². The highest BCUT2D eigenvalue weighted by molar-refractivity contribution is 5.77. The minimum Gasteiger partial charge on any atom is -0.382 e. The van der Waals surface area contributed by atoms with E-state index >= 15 is 0 Å². The SMILES string of the molecule is COC[C@@H](NC(=O)COC(C)C)c1ccccn1. The van der Waals surface area contributed by atoms with Gasteiger partial charge in [-0.05, 0) is 26.0 Å². The first-order chi connectivity index (χ1) is 8.63. The van der Waals surface area contributed by atoms with Gasteiger partial charge in [-0.1, -0.05) is 6.07 Å². The molecule has 0 radical (unpaired) electrons. The Labute approximate surface area is 108 Å². The van der Waals surface area contributed by atoms with Crippen LogP contribution >= 0.6 is 0 Å². The molecule has 0 saturated heterocycles. The van der Waals surface area contributed by atoms with Crippen LogP contribution in [-0.2, 0) is 14.3 Å². The van der Waals surface area contributed by atoms with E-state index in [0.29, 0.717) is 6.61 Å². The molecule has 0 unspecified atom stereocenters.